The van der Waals surface area contributed by atoms with Crippen LogP contribution in [0.5, 0.6) is 0 Å². The maximum atomic E-state index is 12.0. The highest BCUT2D eigenvalue weighted by atomic mass is 15.0. The molecule has 0 aliphatic heterocycles. The molecule has 0 bridgehead atoms. The third kappa shape index (κ3) is 7.55. The van der Waals surface area contributed by atoms with Crippen LogP contribution in [-0.2, 0) is 0 Å². The maximum Gasteiger partial charge on any atom is 0.104 e. The third-order valence-electron chi connectivity index (χ3n) is 14.2. The molecule has 71 heavy (non-hydrogen) atoms. The highest BCUT2D eigenvalue weighted by Gasteiger charge is 2.24. The number of rotatable bonds is 7. The molecule has 0 spiro atoms. The number of hydrogen-bond donors (Lipinski definition) is 0. The Kier molecular flexibility index (Phi) is 10.4. The maximum absolute atomic E-state index is 12.0. The number of nitrogens with zero attached hydrogens (tertiary/aromatic N) is 4. The molecule has 0 aliphatic carbocycles. The van der Waals surface area contributed by atoms with E-state index < -0.39 is 0 Å². The van der Waals surface area contributed by atoms with Crippen LogP contribution in [0, 0.1) is 57.3 Å². The van der Waals surface area contributed by atoms with Crippen molar-refractivity contribution in [1.29, 1.82) is 10.5 Å². The lowest BCUT2D eigenvalue weighted by molar-refractivity contribution is 1.12. The monoisotopic (exact) mass is 908 g/mol. The number of aryl methyl sites for hydroxylation is 5. The zero-order valence-electron chi connectivity index (χ0n) is 40.3. The highest BCUT2D eigenvalue weighted by Crippen LogP contribution is 2.44. The van der Waals surface area contributed by atoms with Crippen LogP contribution in [0.25, 0.3) is 111 Å². The van der Waals surface area contributed by atoms with Gasteiger partial charge >= 0.3 is 0 Å². The minimum atomic E-state index is 0.531. The minimum absolute atomic E-state index is 0.531. The van der Waals surface area contributed by atoms with Crippen LogP contribution in [0.1, 0.15) is 38.9 Å². The normalized spacial score (nSPS) is 11.4. The van der Waals surface area contributed by atoms with E-state index in [2.05, 4.69) is 237 Å². The Morgan fingerprint density at radius 2 is 0.592 bits per heavy atom. The molecule has 0 radical (unpaired) electrons. The summed E-state index contributed by atoms with van der Waals surface area (Å²) < 4.78 is 4.64. The predicted molar refractivity (Wildman–Crippen MR) is 295 cm³/mol. The van der Waals surface area contributed by atoms with Crippen molar-refractivity contribution in [2.45, 2.75) is 34.6 Å². The Morgan fingerprint density at radius 3 is 0.901 bits per heavy atom. The van der Waals surface area contributed by atoms with Gasteiger partial charge in [-0.1, -0.05) is 174 Å². The summed E-state index contributed by atoms with van der Waals surface area (Å²) in [6.07, 6.45) is 0. The molecule has 4 heteroatoms. The van der Waals surface area contributed by atoms with E-state index in [4.69, 9.17) is 0 Å². The first-order valence-electron chi connectivity index (χ1n) is 24.2. The highest BCUT2D eigenvalue weighted by molar-refractivity contribution is 6.13. The third-order valence-corrected chi connectivity index (χ3v) is 14.2. The summed E-state index contributed by atoms with van der Waals surface area (Å²) in [6.45, 7) is 10.6. The van der Waals surface area contributed by atoms with Crippen LogP contribution >= 0.6 is 0 Å². The van der Waals surface area contributed by atoms with Crippen molar-refractivity contribution in [2.24, 2.45) is 0 Å². The average Bonchev–Trinajstić information content (AvgIpc) is 3.89. The fraction of sp³-hybridized carbons (Fsp3) is 0.0746. The first-order valence-corrected chi connectivity index (χ1v) is 24.2. The quantitative estimate of drug-likeness (QED) is 0.160. The van der Waals surface area contributed by atoms with Crippen molar-refractivity contribution in [1.82, 2.24) is 9.13 Å². The topological polar surface area (TPSA) is 57.4 Å². The van der Waals surface area contributed by atoms with E-state index in [0.29, 0.717) is 11.1 Å². The second-order valence-corrected chi connectivity index (χ2v) is 19.3. The van der Waals surface area contributed by atoms with Crippen molar-refractivity contribution < 1.29 is 0 Å². The second kappa shape index (κ2) is 17.1. The zero-order valence-corrected chi connectivity index (χ0v) is 40.3. The minimum Gasteiger partial charge on any atom is -0.308 e. The molecular formula is C67H48N4. The lowest BCUT2D eigenvalue weighted by Crippen LogP contribution is -2.05. The molecule has 10 aromatic carbocycles. The van der Waals surface area contributed by atoms with E-state index in [9.17, 15) is 10.5 Å². The largest absolute Gasteiger partial charge is 0.308 e. The van der Waals surface area contributed by atoms with Gasteiger partial charge in [-0.15, -0.1) is 0 Å². The molecule has 2 heterocycles. The van der Waals surface area contributed by atoms with Crippen LogP contribution in [0.2, 0.25) is 0 Å². The molecule has 0 amide bonds. The van der Waals surface area contributed by atoms with Crippen LogP contribution in [0.4, 0.5) is 0 Å². The van der Waals surface area contributed by atoms with Crippen molar-refractivity contribution in [3.8, 4) is 79.1 Å². The van der Waals surface area contributed by atoms with Gasteiger partial charge in [0.05, 0.1) is 45.1 Å². The number of nitriles is 2. The lowest BCUT2D eigenvalue weighted by Gasteiger charge is -2.19. The smallest absolute Gasteiger partial charge is 0.104 e. The molecule has 12 rings (SSSR count). The Balaban J connectivity index is 1.24. The van der Waals surface area contributed by atoms with Crippen LogP contribution < -0.4 is 0 Å². The summed E-state index contributed by atoms with van der Waals surface area (Å²) in [5, 5.41) is 26.7. The zero-order chi connectivity index (χ0) is 48.5. The molecular weight excluding hydrogens is 861 g/mol. The molecule has 0 fully saturated rings. The van der Waals surface area contributed by atoms with Crippen LogP contribution in [-0.4, -0.2) is 9.13 Å². The number of benzene rings is 10. The van der Waals surface area contributed by atoms with Gasteiger partial charge < -0.3 is 9.13 Å². The number of aromatic nitrogens is 2. The Bertz CT molecular complexity index is 3820. The SMILES string of the molecule is Cc1cccc(-c2ccc3c4ccc(-c5cccc(C)c5)cc4n(-c4cc(-c5cc(C)cc(C#N)c5)cc(-n5c6cc(-c7cccc(C)c7)ccc6c6ccc(-c7cccc(C)c7)cc65)c4C#N)c3c2)c1. The lowest BCUT2D eigenvalue weighted by atomic mass is 9.97. The molecule has 12 aromatic rings. The van der Waals surface area contributed by atoms with Gasteiger partial charge in [0.1, 0.15) is 11.6 Å². The molecule has 0 unspecified atom stereocenters. The fourth-order valence-electron chi connectivity index (χ4n) is 10.8. The van der Waals surface area contributed by atoms with Gasteiger partial charge in [0, 0.05) is 21.5 Å². The fourth-order valence-corrected chi connectivity index (χ4v) is 10.8. The van der Waals surface area contributed by atoms with E-state index in [1.807, 2.05) is 19.1 Å². The first kappa shape index (κ1) is 43.1. The molecule has 0 saturated heterocycles. The molecule has 0 N–H and O–H groups in total. The van der Waals surface area contributed by atoms with Crippen molar-refractivity contribution in [2.75, 3.05) is 0 Å². The van der Waals surface area contributed by atoms with E-state index in [-0.39, 0.29) is 0 Å². The van der Waals surface area contributed by atoms with Crippen LogP contribution in [0.15, 0.2) is 200 Å². The summed E-state index contributed by atoms with van der Waals surface area (Å²) in [5.41, 5.74) is 23.0. The van der Waals surface area contributed by atoms with Gasteiger partial charge in [0.15, 0.2) is 0 Å². The number of hydrogen-bond acceptors (Lipinski definition) is 2. The van der Waals surface area contributed by atoms with E-state index in [1.54, 1.807) is 0 Å². The van der Waals surface area contributed by atoms with Gasteiger partial charge in [-0.3, -0.25) is 0 Å². The first-order chi connectivity index (χ1) is 34.6. The molecule has 0 atom stereocenters. The van der Waals surface area contributed by atoms with Gasteiger partial charge in [0.2, 0.25) is 0 Å². The Morgan fingerprint density at radius 1 is 0.282 bits per heavy atom. The van der Waals surface area contributed by atoms with E-state index in [1.165, 1.54) is 22.3 Å². The summed E-state index contributed by atoms with van der Waals surface area (Å²) in [4.78, 5) is 0. The summed E-state index contributed by atoms with van der Waals surface area (Å²) >= 11 is 0. The van der Waals surface area contributed by atoms with Crippen LogP contribution in [0.3, 0.4) is 0 Å². The molecule has 336 valence electrons. The summed E-state index contributed by atoms with van der Waals surface area (Å²) in [6, 6.07) is 77.1. The van der Waals surface area contributed by atoms with Gasteiger partial charge in [-0.05, 0) is 144 Å². The van der Waals surface area contributed by atoms with E-state index >= 15 is 0 Å². The van der Waals surface area contributed by atoms with Gasteiger partial charge in [-0.2, -0.15) is 10.5 Å². The number of fused-ring (bicyclic) bond motifs is 6. The summed E-state index contributed by atoms with van der Waals surface area (Å²) in [7, 11) is 0. The summed E-state index contributed by atoms with van der Waals surface area (Å²) in [5.74, 6) is 0. The molecule has 2 aromatic heterocycles. The molecule has 4 nitrogen and oxygen atoms in total. The molecule has 0 saturated carbocycles. The van der Waals surface area contributed by atoms with Gasteiger partial charge in [0.25, 0.3) is 0 Å². The van der Waals surface area contributed by atoms with Crippen molar-refractivity contribution >= 4 is 43.6 Å². The van der Waals surface area contributed by atoms with E-state index in [0.717, 1.165) is 116 Å². The van der Waals surface area contributed by atoms with Gasteiger partial charge in [-0.25, -0.2) is 0 Å². The predicted octanol–water partition coefficient (Wildman–Crippen LogP) is 17.5. The van der Waals surface area contributed by atoms with Crippen molar-refractivity contribution in [3.63, 3.8) is 0 Å². The average molecular weight is 909 g/mol. The Labute approximate surface area is 414 Å². The molecule has 0 aliphatic rings. The standard InChI is InChI=1S/C67H48N4/c1-41-10-6-14-47(27-41)51-18-22-57-58-23-19-52(48-15-7-11-42(2)28-48)34-63(58)70(62(57)33-51)66-37-56(55-31-45(5)26-46(32-55)39-68)38-67(61(66)40-69)71-64-35-53(49-16-8-12-43(3)29-49)20-24-59(64)60-25-21-54(36-65(60)71)50-17-9-13-44(4)30-50/h6-38H,1-5H3. The van der Waals surface area contributed by atoms with Crippen molar-refractivity contribution in [3.05, 3.63) is 239 Å². The Hall–Kier alpha value is -9.22. The second-order valence-electron chi connectivity index (χ2n) is 19.3.